The highest BCUT2D eigenvalue weighted by molar-refractivity contribution is 6.18. The second-order valence-corrected chi connectivity index (χ2v) is 4.58. The zero-order valence-corrected chi connectivity index (χ0v) is 13.5. The van der Waals surface area contributed by atoms with Crippen LogP contribution in [-0.2, 0) is 0 Å². The molecule has 0 aromatic heterocycles. The highest BCUT2D eigenvalue weighted by Crippen LogP contribution is 2.27. The molecule has 0 spiro atoms. The van der Waals surface area contributed by atoms with Crippen LogP contribution in [0.25, 0.3) is 5.70 Å². The quantitative estimate of drug-likeness (QED) is 0.549. The topological polar surface area (TPSA) is 44.3 Å². The first-order chi connectivity index (χ1) is 10.8. The van der Waals surface area contributed by atoms with Gasteiger partial charge in [0.25, 0.3) is 0 Å². The van der Waals surface area contributed by atoms with Gasteiger partial charge in [-0.25, -0.2) is 5.43 Å². The van der Waals surface area contributed by atoms with Crippen molar-refractivity contribution in [2.45, 2.75) is 19.1 Å². The summed E-state index contributed by atoms with van der Waals surface area (Å²) in [4.78, 5) is 0. The molecule has 0 saturated heterocycles. The van der Waals surface area contributed by atoms with E-state index >= 15 is 0 Å². The predicted molar refractivity (Wildman–Crippen MR) is 89.0 cm³/mol. The number of phenolic OH excluding ortho intramolecular Hbond substituents is 1. The van der Waals surface area contributed by atoms with Crippen molar-refractivity contribution in [2.75, 3.05) is 5.88 Å². The molecule has 3 N–H and O–H groups in total. The van der Waals surface area contributed by atoms with Gasteiger partial charge in [-0.05, 0) is 25.1 Å². The van der Waals surface area contributed by atoms with E-state index < -0.39 is 12.2 Å². The summed E-state index contributed by atoms with van der Waals surface area (Å²) in [5.74, 6) is 0.565. The molecule has 0 bridgehead atoms. The van der Waals surface area contributed by atoms with Gasteiger partial charge in [0.15, 0.2) is 0 Å². The van der Waals surface area contributed by atoms with Crippen LogP contribution < -0.4 is 10.9 Å². The molecule has 0 fully saturated rings. The van der Waals surface area contributed by atoms with Crippen LogP contribution >= 0.6 is 11.6 Å². The SMILES string of the molecule is C=CC.C=CCCl.Oc1cccc(C2=CC(C(F)(F)F)NN2)c1. The van der Waals surface area contributed by atoms with Crippen LogP contribution in [0.15, 0.2) is 55.7 Å². The normalized spacial score (nSPS) is 15.9. The van der Waals surface area contributed by atoms with Crippen LogP contribution in [0.1, 0.15) is 12.5 Å². The number of hydrazine groups is 1. The lowest BCUT2D eigenvalue weighted by atomic mass is 10.1. The Morgan fingerprint density at radius 1 is 1.35 bits per heavy atom. The molecule has 0 saturated carbocycles. The third-order valence-electron chi connectivity index (χ3n) is 2.31. The number of hydrogen-bond acceptors (Lipinski definition) is 3. The van der Waals surface area contributed by atoms with E-state index in [1.807, 2.05) is 6.92 Å². The molecule has 0 radical (unpaired) electrons. The third-order valence-corrected chi connectivity index (χ3v) is 2.53. The van der Waals surface area contributed by atoms with E-state index in [1.54, 1.807) is 24.3 Å². The summed E-state index contributed by atoms with van der Waals surface area (Å²) in [7, 11) is 0. The number of rotatable bonds is 2. The summed E-state index contributed by atoms with van der Waals surface area (Å²) < 4.78 is 37.0. The van der Waals surface area contributed by atoms with Crippen LogP contribution in [0, 0.1) is 0 Å². The molecule has 1 heterocycles. The third kappa shape index (κ3) is 8.32. The van der Waals surface area contributed by atoms with Crippen molar-refractivity contribution in [3.63, 3.8) is 0 Å². The number of benzene rings is 1. The molecular weight excluding hydrogens is 329 g/mol. The van der Waals surface area contributed by atoms with Crippen molar-refractivity contribution in [1.82, 2.24) is 10.9 Å². The van der Waals surface area contributed by atoms with Gasteiger partial charge in [0.2, 0.25) is 0 Å². The lowest BCUT2D eigenvalue weighted by Gasteiger charge is -2.12. The standard InChI is InChI=1S/C10H9F3N2O.C3H5Cl.C3H6/c11-10(12,13)9-5-8(14-15-9)6-2-1-3-7(16)4-6;1-2-3-4;1-3-2/h1-5,9,14-16H;2H,1,3H2;3H,1H2,2H3. The second-order valence-electron chi connectivity index (χ2n) is 4.27. The molecule has 0 amide bonds. The molecular formula is C16H20ClF3N2O. The van der Waals surface area contributed by atoms with Gasteiger partial charge in [-0.2, -0.15) is 13.2 Å². The molecule has 3 nitrogen and oxygen atoms in total. The highest BCUT2D eigenvalue weighted by Gasteiger charge is 2.40. The van der Waals surface area contributed by atoms with Crippen LogP contribution in [0.3, 0.4) is 0 Å². The van der Waals surface area contributed by atoms with Crippen molar-refractivity contribution in [3.8, 4) is 5.75 Å². The number of nitrogens with one attached hydrogen (secondary N) is 2. The first kappa shape index (κ1) is 21.1. The minimum atomic E-state index is -4.33. The van der Waals surface area contributed by atoms with Crippen molar-refractivity contribution in [3.05, 3.63) is 61.2 Å². The number of phenols is 1. The fourth-order valence-electron chi connectivity index (χ4n) is 1.42. The molecule has 1 aliphatic rings. The smallest absolute Gasteiger partial charge is 0.409 e. The van der Waals surface area contributed by atoms with Gasteiger partial charge < -0.3 is 10.5 Å². The van der Waals surface area contributed by atoms with Crippen molar-refractivity contribution in [1.29, 1.82) is 0 Å². The average molecular weight is 349 g/mol. The molecule has 1 aromatic rings. The van der Waals surface area contributed by atoms with Crippen LogP contribution in [0.5, 0.6) is 5.75 Å². The molecule has 2 rings (SSSR count). The van der Waals surface area contributed by atoms with Gasteiger partial charge in [-0.3, -0.25) is 0 Å². The fraction of sp³-hybridized carbons (Fsp3) is 0.250. The number of halogens is 4. The maximum atomic E-state index is 12.3. The Hall–Kier alpha value is -1.92. The summed E-state index contributed by atoms with van der Waals surface area (Å²) in [6.07, 6.45) is 0.0991. The Labute approximate surface area is 139 Å². The minimum absolute atomic E-state index is 0.00987. The van der Waals surface area contributed by atoms with Crippen LogP contribution in [0.4, 0.5) is 13.2 Å². The summed E-state index contributed by atoms with van der Waals surface area (Å²) in [6, 6.07) is 4.31. The summed E-state index contributed by atoms with van der Waals surface area (Å²) in [5, 5.41) is 9.20. The molecule has 0 aliphatic carbocycles. The monoisotopic (exact) mass is 348 g/mol. The lowest BCUT2D eigenvalue weighted by Crippen LogP contribution is -2.41. The second kappa shape index (κ2) is 10.7. The first-order valence-corrected chi connectivity index (χ1v) is 7.17. The van der Waals surface area contributed by atoms with Gasteiger partial charge in [-0.15, -0.1) is 24.8 Å². The van der Waals surface area contributed by atoms with Gasteiger partial charge in [0.1, 0.15) is 11.8 Å². The number of aromatic hydroxyl groups is 1. The zero-order chi connectivity index (χ0) is 17.9. The maximum Gasteiger partial charge on any atom is 0.409 e. The van der Waals surface area contributed by atoms with E-state index in [0.29, 0.717) is 17.1 Å². The number of alkyl halides is 4. The zero-order valence-electron chi connectivity index (χ0n) is 12.7. The van der Waals surface area contributed by atoms with Gasteiger partial charge >= 0.3 is 6.18 Å². The molecule has 7 heteroatoms. The highest BCUT2D eigenvalue weighted by atomic mass is 35.5. The van der Waals surface area contributed by atoms with Gasteiger partial charge in [0, 0.05) is 11.4 Å². The van der Waals surface area contributed by atoms with Crippen LogP contribution in [0.2, 0.25) is 0 Å². The van der Waals surface area contributed by atoms with Crippen molar-refractivity contribution < 1.29 is 18.3 Å². The minimum Gasteiger partial charge on any atom is -0.508 e. The Morgan fingerprint density at radius 2 is 1.91 bits per heavy atom. The summed E-state index contributed by atoms with van der Waals surface area (Å²) >= 11 is 5.07. The Bertz CT molecular complexity index is 530. The van der Waals surface area contributed by atoms with E-state index in [0.717, 1.165) is 6.08 Å². The molecule has 1 aliphatic heterocycles. The first-order valence-electron chi connectivity index (χ1n) is 6.63. The molecule has 1 atom stereocenters. The van der Waals surface area contributed by atoms with E-state index in [-0.39, 0.29) is 5.75 Å². The van der Waals surface area contributed by atoms with Crippen molar-refractivity contribution in [2.24, 2.45) is 0 Å². The Kier molecular flexibility index (Phi) is 9.85. The van der Waals surface area contributed by atoms with Gasteiger partial charge in [0.05, 0.1) is 5.70 Å². The van der Waals surface area contributed by atoms with E-state index in [4.69, 9.17) is 11.6 Å². The molecule has 23 heavy (non-hydrogen) atoms. The Balaban J connectivity index is 0.000000591. The van der Waals surface area contributed by atoms with E-state index in [2.05, 4.69) is 24.0 Å². The summed E-state index contributed by atoms with van der Waals surface area (Å²) in [5.41, 5.74) is 5.36. The lowest BCUT2D eigenvalue weighted by molar-refractivity contribution is -0.144. The van der Waals surface area contributed by atoms with Crippen molar-refractivity contribution >= 4 is 17.3 Å². The average Bonchev–Trinajstić information content (AvgIpc) is 2.98. The van der Waals surface area contributed by atoms with E-state index in [1.165, 1.54) is 12.1 Å². The van der Waals surface area contributed by atoms with E-state index in [9.17, 15) is 18.3 Å². The predicted octanol–water partition coefficient (Wildman–Crippen LogP) is 4.38. The summed E-state index contributed by atoms with van der Waals surface area (Å²) in [6.45, 7) is 8.60. The largest absolute Gasteiger partial charge is 0.508 e. The number of hydrogen-bond donors (Lipinski definition) is 3. The molecule has 1 unspecified atom stereocenters. The van der Waals surface area contributed by atoms with Gasteiger partial charge in [-0.1, -0.05) is 24.3 Å². The Morgan fingerprint density at radius 3 is 2.30 bits per heavy atom. The van der Waals surface area contributed by atoms with Crippen LogP contribution in [-0.4, -0.2) is 23.2 Å². The molecule has 128 valence electrons. The fourth-order valence-corrected chi connectivity index (χ4v) is 1.42. The number of allylic oxidation sites excluding steroid dienone is 2. The molecule has 1 aromatic carbocycles. The maximum absolute atomic E-state index is 12.3.